The van der Waals surface area contributed by atoms with Gasteiger partial charge < -0.3 is 19.3 Å². The Morgan fingerprint density at radius 2 is 1.87 bits per heavy atom. The Kier molecular flexibility index (Phi) is 9.09. The number of aliphatic hydroxyl groups excluding tert-OH is 1. The lowest BCUT2D eigenvalue weighted by molar-refractivity contribution is -0.132. The molecule has 0 bridgehead atoms. The molecule has 2 aliphatic rings. The summed E-state index contributed by atoms with van der Waals surface area (Å²) in [5, 5.41) is 20.6. The number of fused-ring (bicyclic) bond motifs is 1. The first-order valence-electron chi connectivity index (χ1n) is 14.9. The molecule has 2 atom stereocenters. The first-order chi connectivity index (χ1) is 21.9. The molecule has 1 saturated heterocycles. The van der Waals surface area contributed by atoms with E-state index in [9.17, 15) is 14.7 Å². The van der Waals surface area contributed by atoms with Gasteiger partial charge in [-0.2, -0.15) is 0 Å². The number of Topliss-reactive ketones (excluding diaryl/α,β-unsaturated/α-hetero) is 1. The van der Waals surface area contributed by atoms with Crippen LogP contribution in [-0.4, -0.2) is 46.3 Å². The van der Waals surface area contributed by atoms with Crippen LogP contribution in [0.2, 0.25) is 0 Å². The van der Waals surface area contributed by atoms with Crippen LogP contribution in [0.1, 0.15) is 55.5 Å². The van der Waals surface area contributed by atoms with Gasteiger partial charge in [-0.1, -0.05) is 66.4 Å². The van der Waals surface area contributed by atoms with Crippen molar-refractivity contribution in [3.05, 3.63) is 94.6 Å². The molecule has 3 heterocycles. The predicted molar refractivity (Wildman–Crippen MR) is 174 cm³/mol. The number of carbonyl (C=O) groups excluding carboxylic acids is 2. The molecule has 0 aliphatic carbocycles. The van der Waals surface area contributed by atoms with E-state index < -0.39 is 17.7 Å². The molecule has 11 heteroatoms. The van der Waals surface area contributed by atoms with Crippen LogP contribution in [0.5, 0.6) is 17.2 Å². The third-order valence-electron chi connectivity index (χ3n) is 7.47. The maximum absolute atomic E-state index is 13.8. The van der Waals surface area contributed by atoms with Gasteiger partial charge in [0.2, 0.25) is 5.13 Å². The molecular weight excluding hydrogens is 611 g/mol. The Labute approximate surface area is 269 Å². The molecule has 0 spiro atoms. The summed E-state index contributed by atoms with van der Waals surface area (Å²) in [6.45, 7) is 6.76. The van der Waals surface area contributed by atoms with Gasteiger partial charge in [0, 0.05) is 17.7 Å². The van der Waals surface area contributed by atoms with E-state index in [2.05, 4.69) is 10.2 Å². The average molecular weight is 644 g/mol. The van der Waals surface area contributed by atoms with Gasteiger partial charge in [0.25, 0.3) is 5.78 Å². The third kappa shape index (κ3) is 6.27. The summed E-state index contributed by atoms with van der Waals surface area (Å²) in [6.07, 6.45) is 1.51. The van der Waals surface area contributed by atoms with Crippen molar-refractivity contribution < 1.29 is 28.9 Å². The molecule has 1 aromatic heterocycles. The smallest absolute Gasteiger partial charge is 0.301 e. The Balaban J connectivity index is 1.43. The minimum Gasteiger partial charge on any atom is -0.507 e. The van der Waals surface area contributed by atoms with Crippen LogP contribution in [0.25, 0.3) is 5.76 Å². The van der Waals surface area contributed by atoms with Crippen molar-refractivity contribution in [2.24, 2.45) is 0 Å². The van der Waals surface area contributed by atoms with Crippen molar-refractivity contribution in [3.63, 3.8) is 0 Å². The molecule has 3 aromatic carbocycles. The fourth-order valence-corrected chi connectivity index (χ4v) is 7.27. The Bertz CT molecular complexity index is 1760. The van der Waals surface area contributed by atoms with E-state index in [1.54, 1.807) is 30.3 Å². The number of anilines is 1. The van der Waals surface area contributed by atoms with Gasteiger partial charge in [-0.25, -0.2) is 0 Å². The Hall–Kier alpha value is -4.35. The molecular formula is C34H33N3O6S2. The second-order valence-electron chi connectivity index (χ2n) is 10.7. The number of carbonyl (C=O) groups is 2. The predicted octanol–water partition coefficient (Wildman–Crippen LogP) is 6.97. The van der Waals surface area contributed by atoms with Gasteiger partial charge in [0.05, 0.1) is 24.8 Å². The summed E-state index contributed by atoms with van der Waals surface area (Å²) in [5.74, 6) is 0.595. The highest BCUT2D eigenvalue weighted by Crippen LogP contribution is 2.46. The number of thioether (sulfide) groups is 1. The minimum atomic E-state index is -0.979. The fraction of sp³-hybridized carbons (Fsp3) is 0.294. The van der Waals surface area contributed by atoms with Gasteiger partial charge in [0.15, 0.2) is 15.8 Å². The molecule has 232 valence electrons. The largest absolute Gasteiger partial charge is 0.507 e. The van der Waals surface area contributed by atoms with Crippen molar-refractivity contribution in [3.8, 4) is 17.2 Å². The van der Waals surface area contributed by atoms with E-state index >= 15 is 0 Å². The van der Waals surface area contributed by atoms with Crippen molar-refractivity contribution in [1.82, 2.24) is 10.2 Å². The van der Waals surface area contributed by atoms with Crippen molar-refractivity contribution in [1.29, 1.82) is 0 Å². The molecule has 6 rings (SSSR count). The van der Waals surface area contributed by atoms with Gasteiger partial charge in [-0.05, 0) is 67.3 Å². The molecule has 4 aromatic rings. The summed E-state index contributed by atoms with van der Waals surface area (Å²) in [7, 11) is 0. The van der Waals surface area contributed by atoms with Crippen LogP contribution in [0.4, 0.5) is 5.13 Å². The van der Waals surface area contributed by atoms with Crippen LogP contribution in [0.3, 0.4) is 0 Å². The van der Waals surface area contributed by atoms with Gasteiger partial charge in [-0.15, -0.1) is 10.2 Å². The van der Waals surface area contributed by atoms with Crippen molar-refractivity contribution >= 4 is 45.7 Å². The summed E-state index contributed by atoms with van der Waals surface area (Å²) >= 11 is 2.72. The lowest BCUT2D eigenvalue weighted by atomic mass is 9.94. The SMILES string of the molecule is CCCOc1ccc(C2/C(=C(/O)c3ccc4c(c3)CC(C)O4)C(=O)C(=O)N2c2nnc(SCc3ccccc3)s2)cc1OCC. The van der Waals surface area contributed by atoms with Crippen LogP contribution in [0, 0.1) is 0 Å². The average Bonchev–Trinajstić information content (AvgIpc) is 3.74. The number of hydrogen-bond acceptors (Lipinski definition) is 10. The number of ketones is 1. The standard InChI is InChI=1S/C34H33N3O6S2/c1-4-15-42-26-14-11-22(18-27(26)41-5-2)29-28(30(38)23-12-13-25-24(17-23)16-20(3)43-25)31(39)32(40)37(29)33-35-36-34(45-33)44-19-21-9-7-6-8-10-21/h6-14,17-18,20,29,38H,4-5,15-16,19H2,1-3H3/b30-28-. The molecule has 1 amide bonds. The number of ether oxygens (including phenoxy) is 3. The zero-order valence-corrected chi connectivity index (χ0v) is 26.8. The second kappa shape index (κ2) is 13.3. The summed E-state index contributed by atoms with van der Waals surface area (Å²) in [5.41, 5.74) is 3.01. The zero-order chi connectivity index (χ0) is 31.5. The first kappa shape index (κ1) is 30.7. The highest BCUT2D eigenvalue weighted by Gasteiger charge is 2.48. The van der Waals surface area contributed by atoms with Gasteiger partial charge in [-0.3, -0.25) is 14.5 Å². The maximum Gasteiger partial charge on any atom is 0.301 e. The summed E-state index contributed by atoms with van der Waals surface area (Å²) in [4.78, 5) is 28.9. The molecule has 0 saturated carbocycles. The molecule has 2 aliphatic heterocycles. The molecule has 1 N–H and O–H groups in total. The number of aromatic nitrogens is 2. The topological polar surface area (TPSA) is 111 Å². The number of amides is 1. The summed E-state index contributed by atoms with van der Waals surface area (Å²) < 4.78 is 18.3. The van der Waals surface area contributed by atoms with E-state index in [0.717, 1.165) is 23.3 Å². The van der Waals surface area contributed by atoms with E-state index in [0.29, 0.717) is 52.4 Å². The summed E-state index contributed by atoms with van der Waals surface area (Å²) in [6, 6.07) is 19.6. The monoisotopic (exact) mass is 643 g/mol. The fourth-order valence-electron chi connectivity index (χ4n) is 5.44. The maximum atomic E-state index is 13.8. The van der Waals surface area contributed by atoms with Crippen LogP contribution < -0.4 is 19.1 Å². The van der Waals surface area contributed by atoms with Gasteiger partial charge in [0.1, 0.15) is 17.6 Å². The lowest BCUT2D eigenvalue weighted by Crippen LogP contribution is -2.29. The molecule has 9 nitrogen and oxygen atoms in total. The minimum absolute atomic E-state index is 0.0137. The van der Waals surface area contributed by atoms with Crippen molar-refractivity contribution in [2.45, 2.75) is 55.9 Å². The number of aliphatic hydroxyl groups is 1. The Morgan fingerprint density at radius 3 is 2.64 bits per heavy atom. The van der Waals surface area contributed by atoms with Crippen LogP contribution >= 0.6 is 23.1 Å². The molecule has 0 radical (unpaired) electrons. The molecule has 1 fully saturated rings. The Morgan fingerprint density at radius 1 is 1.04 bits per heavy atom. The van der Waals surface area contributed by atoms with Crippen molar-refractivity contribution in [2.75, 3.05) is 18.1 Å². The van der Waals surface area contributed by atoms with E-state index in [1.165, 1.54) is 28.0 Å². The highest BCUT2D eigenvalue weighted by atomic mass is 32.2. The number of hydrogen-bond donors (Lipinski definition) is 1. The number of rotatable bonds is 11. The number of nitrogens with zero attached hydrogens (tertiary/aromatic N) is 3. The number of benzene rings is 3. The third-order valence-corrected chi connectivity index (χ3v) is 9.59. The van der Waals surface area contributed by atoms with Crippen LogP contribution in [0.15, 0.2) is 76.6 Å². The van der Waals surface area contributed by atoms with Gasteiger partial charge >= 0.3 is 5.91 Å². The van der Waals surface area contributed by atoms with E-state index in [1.807, 2.05) is 57.2 Å². The van der Waals surface area contributed by atoms with E-state index in [4.69, 9.17) is 14.2 Å². The van der Waals surface area contributed by atoms with Crippen LogP contribution in [-0.2, 0) is 21.8 Å². The first-order valence-corrected chi connectivity index (χ1v) is 16.7. The highest BCUT2D eigenvalue weighted by molar-refractivity contribution is 8.00. The normalized spacial score (nSPS) is 18.6. The lowest BCUT2D eigenvalue weighted by Gasteiger charge is -2.23. The quantitative estimate of drug-likeness (QED) is 0.0609. The second-order valence-corrected chi connectivity index (χ2v) is 12.9. The molecule has 2 unspecified atom stereocenters. The zero-order valence-electron chi connectivity index (χ0n) is 25.2. The molecule has 45 heavy (non-hydrogen) atoms. The van der Waals surface area contributed by atoms with E-state index in [-0.39, 0.29) is 22.6 Å².